The lowest BCUT2D eigenvalue weighted by molar-refractivity contribution is -0.131. The van der Waals surface area contributed by atoms with Gasteiger partial charge in [0, 0.05) is 50.1 Å². The Hall–Kier alpha value is -3.88. The van der Waals surface area contributed by atoms with Crippen molar-refractivity contribution in [2.45, 2.75) is 31.8 Å². The molecule has 0 aliphatic carbocycles. The van der Waals surface area contributed by atoms with Crippen LogP contribution in [0.1, 0.15) is 25.3 Å². The SMILES string of the molecule is COc1cccc(CN2C(=O)N(c3ccc(-c4cn[nH]c4)cn3)CC23CCN(C(C)=O)CC3)c1. The molecule has 2 fully saturated rings. The van der Waals surface area contributed by atoms with Crippen LogP contribution < -0.4 is 9.64 Å². The maximum atomic E-state index is 13.8. The molecule has 1 N–H and O–H groups in total. The summed E-state index contributed by atoms with van der Waals surface area (Å²) in [5, 5.41) is 6.79. The number of aromatic amines is 1. The van der Waals surface area contributed by atoms with Crippen LogP contribution in [0.25, 0.3) is 11.1 Å². The van der Waals surface area contributed by atoms with E-state index < -0.39 is 0 Å². The number of ether oxygens (including phenoxy) is 1. The van der Waals surface area contributed by atoms with Crippen LogP contribution in [-0.2, 0) is 11.3 Å². The molecular weight excluding hydrogens is 432 g/mol. The van der Waals surface area contributed by atoms with Gasteiger partial charge < -0.3 is 14.5 Å². The molecule has 3 aromatic rings. The Morgan fingerprint density at radius 1 is 1.15 bits per heavy atom. The number of piperidine rings is 1. The second-order valence-corrected chi connectivity index (χ2v) is 8.93. The average Bonchev–Trinajstić information content (AvgIpc) is 3.49. The fourth-order valence-electron chi connectivity index (χ4n) is 4.95. The average molecular weight is 461 g/mol. The van der Waals surface area contributed by atoms with E-state index in [1.807, 2.05) is 52.4 Å². The first-order valence-electron chi connectivity index (χ1n) is 11.4. The third kappa shape index (κ3) is 3.98. The molecule has 2 saturated heterocycles. The van der Waals surface area contributed by atoms with Crippen LogP contribution in [0.4, 0.5) is 10.6 Å². The summed E-state index contributed by atoms with van der Waals surface area (Å²) in [5.74, 6) is 1.46. The number of carbonyl (C=O) groups is 2. The molecule has 0 bridgehead atoms. The summed E-state index contributed by atoms with van der Waals surface area (Å²) in [6.45, 7) is 3.89. The highest BCUT2D eigenvalue weighted by molar-refractivity contribution is 5.94. The zero-order valence-corrected chi connectivity index (χ0v) is 19.4. The predicted octanol–water partition coefficient (Wildman–Crippen LogP) is 3.30. The molecule has 0 saturated carbocycles. The number of benzene rings is 1. The molecule has 9 heteroatoms. The maximum Gasteiger partial charge on any atom is 0.326 e. The highest BCUT2D eigenvalue weighted by Crippen LogP contribution is 2.39. The van der Waals surface area contributed by atoms with Gasteiger partial charge in [-0.25, -0.2) is 9.78 Å². The van der Waals surface area contributed by atoms with Crippen LogP contribution in [0.15, 0.2) is 55.0 Å². The monoisotopic (exact) mass is 460 g/mol. The van der Waals surface area contributed by atoms with Gasteiger partial charge in [0.1, 0.15) is 11.6 Å². The maximum absolute atomic E-state index is 13.8. The number of H-pyrrole nitrogens is 1. The molecule has 2 aromatic heterocycles. The summed E-state index contributed by atoms with van der Waals surface area (Å²) in [6, 6.07) is 11.6. The Kier molecular flexibility index (Phi) is 5.69. The quantitative estimate of drug-likeness (QED) is 0.630. The standard InChI is InChI=1S/C25H28N6O3/c1-18(32)29-10-8-25(9-11-29)17-30(23-7-6-20(13-26-23)21-14-27-28-15-21)24(33)31(25)16-19-4-3-5-22(12-19)34-2/h3-7,12-15H,8-11,16-17H2,1-2H3,(H,27,28). The Balaban J connectivity index is 1.44. The van der Waals surface area contributed by atoms with Gasteiger partial charge in [-0.2, -0.15) is 5.10 Å². The molecule has 0 unspecified atom stereocenters. The highest BCUT2D eigenvalue weighted by Gasteiger charge is 2.51. The number of methoxy groups -OCH3 is 1. The number of nitrogens with zero attached hydrogens (tertiary/aromatic N) is 5. The number of urea groups is 1. The summed E-state index contributed by atoms with van der Waals surface area (Å²) in [7, 11) is 1.64. The molecule has 176 valence electrons. The minimum atomic E-state index is -0.364. The molecule has 1 aromatic carbocycles. The van der Waals surface area contributed by atoms with Crippen molar-refractivity contribution in [1.82, 2.24) is 25.0 Å². The summed E-state index contributed by atoms with van der Waals surface area (Å²) < 4.78 is 5.38. The first kappa shape index (κ1) is 21.9. The number of hydrogen-bond acceptors (Lipinski definition) is 5. The van der Waals surface area contributed by atoms with Crippen LogP contribution in [0.2, 0.25) is 0 Å². The number of rotatable bonds is 5. The molecule has 3 amide bonds. The predicted molar refractivity (Wildman–Crippen MR) is 127 cm³/mol. The van der Waals surface area contributed by atoms with Crippen molar-refractivity contribution in [3.8, 4) is 16.9 Å². The van der Waals surface area contributed by atoms with Gasteiger partial charge in [0.15, 0.2) is 0 Å². The number of aromatic nitrogens is 3. The number of pyridine rings is 1. The van der Waals surface area contributed by atoms with E-state index in [-0.39, 0.29) is 17.5 Å². The number of nitrogens with one attached hydrogen (secondary N) is 1. The molecule has 1 spiro atoms. The third-order valence-electron chi connectivity index (χ3n) is 6.96. The van der Waals surface area contributed by atoms with Crippen LogP contribution in [-0.4, -0.2) is 69.2 Å². The lowest BCUT2D eigenvalue weighted by Gasteiger charge is -2.43. The van der Waals surface area contributed by atoms with Crippen molar-refractivity contribution in [2.24, 2.45) is 0 Å². The Morgan fingerprint density at radius 2 is 1.97 bits per heavy atom. The molecule has 9 nitrogen and oxygen atoms in total. The van der Waals surface area contributed by atoms with Crippen molar-refractivity contribution >= 4 is 17.8 Å². The normalized spacial score (nSPS) is 17.5. The molecule has 2 aliphatic heterocycles. The van der Waals surface area contributed by atoms with E-state index in [1.165, 1.54) is 0 Å². The number of anilines is 1. The van der Waals surface area contributed by atoms with Gasteiger partial charge in [-0.3, -0.25) is 14.8 Å². The Bertz CT molecular complexity index is 1170. The molecule has 4 heterocycles. The van der Waals surface area contributed by atoms with Gasteiger partial charge in [-0.05, 0) is 42.7 Å². The molecule has 5 rings (SSSR count). The van der Waals surface area contributed by atoms with E-state index in [9.17, 15) is 9.59 Å². The second-order valence-electron chi connectivity index (χ2n) is 8.93. The van der Waals surface area contributed by atoms with E-state index >= 15 is 0 Å². The van der Waals surface area contributed by atoms with Gasteiger partial charge in [0.25, 0.3) is 0 Å². The summed E-state index contributed by atoms with van der Waals surface area (Å²) in [6.07, 6.45) is 6.78. The van der Waals surface area contributed by atoms with Gasteiger partial charge in [0.2, 0.25) is 5.91 Å². The minimum absolute atomic E-state index is 0.0670. The Morgan fingerprint density at radius 3 is 2.62 bits per heavy atom. The summed E-state index contributed by atoms with van der Waals surface area (Å²) in [4.78, 5) is 35.9. The lowest BCUT2D eigenvalue weighted by Crippen LogP contribution is -2.54. The topological polar surface area (TPSA) is 94.7 Å². The van der Waals surface area contributed by atoms with Crippen molar-refractivity contribution in [3.05, 3.63) is 60.6 Å². The Labute approximate surface area is 198 Å². The molecular formula is C25H28N6O3. The van der Waals surface area contributed by atoms with Gasteiger partial charge >= 0.3 is 6.03 Å². The van der Waals surface area contributed by atoms with Crippen LogP contribution in [0.3, 0.4) is 0 Å². The van der Waals surface area contributed by atoms with Crippen molar-refractivity contribution in [1.29, 1.82) is 0 Å². The van der Waals surface area contributed by atoms with E-state index in [0.29, 0.717) is 32.0 Å². The van der Waals surface area contributed by atoms with Gasteiger partial charge in [0.05, 0.1) is 25.4 Å². The van der Waals surface area contributed by atoms with E-state index in [1.54, 1.807) is 31.3 Å². The lowest BCUT2D eigenvalue weighted by atomic mass is 9.86. The fourth-order valence-corrected chi connectivity index (χ4v) is 4.95. The first-order chi connectivity index (χ1) is 16.5. The number of hydrogen-bond donors (Lipinski definition) is 1. The zero-order chi connectivity index (χ0) is 23.7. The van der Waals surface area contributed by atoms with Crippen molar-refractivity contribution in [3.63, 3.8) is 0 Å². The van der Waals surface area contributed by atoms with Crippen LogP contribution >= 0.6 is 0 Å². The first-order valence-corrected chi connectivity index (χ1v) is 11.4. The van der Waals surface area contributed by atoms with E-state index in [4.69, 9.17) is 4.74 Å². The summed E-state index contributed by atoms with van der Waals surface area (Å²) >= 11 is 0. The number of amides is 3. The third-order valence-corrected chi connectivity index (χ3v) is 6.96. The van der Waals surface area contributed by atoms with Gasteiger partial charge in [-0.1, -0.05) is 12.1 Å². The number of likely N-dealkylation sites (tertiary alicyclic amines) is 1. The van der Waals surface area contributed by atoms with Gasteiger partial charge in [-0.15, -0.1) is 0 Å². The van der Waals surface area contributed by atoms with E-state index in [2.05, 4.69) is 15.2 Å². The second kappa shape index (κ2) is 8.81. The van der Waals surface area contributed by atoms with Crippen LogP contribution in [0.5, 0.6) is 5.75 Å². The smallest absolute Gasteiger partial charge is 0.326 e. The minimum Gasteiger partial charge on any atom is -0.497 e. The molecule has 2 aliphatic rings. The largest absolute Gasteiger partial charge is 0.497 e. The van der Waals surface area contributed by atoms with Crippen LogP contribution in [0, 0.1) is 0 Å². The molecule has 0 radical (unpaired) electrons. The molecule has 0 atom stereocenters. The summed E-state index contributed by atoms with van der Waals surface area (Å²) in [5.41, 5.74) is 2.52. The molecule has 34 heavy (non-hydrogen) atoms. The highest BCUT2D eigenvalue weighted by atomic mass is 16.5. The fraction of sp³-hybridized carbons (Fsp3) is 0.360. The van der Waals surface area contributed by atoms with Crippen molar-refractivity contribution in [2.75, 3.05) is 31.6 Å². The van der Waals surface area contributed by atoms with Crippen molar-refractivity contribution < 1.29 is 14.3 Å². The van der Waals surface area contributed by atoms with E-state index in [0.717, 1.165) is 35.3 Å². The number of carbonyl (C=O) groups excluding carboxylic acids is 2. The zero-order valence-electron chi connectivity index (χ0n) is 19.4.